The Labute approximate surface area is 100 Å². The monoisotopic (exact) mass is 236 g/mol. The Morgan fingerprint density at radius 2 is 2.18 bits per heavy atom. The summed E-state index contributed by atoms with van der Waals surface area (Å²) in [5, 5.41) is 5.24. The van der Waals surface area contributed by atoms with Gasteiger partial charge in [0.1, 0.15) is 6.67 Å². The Bertz CT molecular complexity index is 395. The SMILES string of the molecule is O=C(NCCF)NCC1CCc2ccccc21. The molecule has 1 aromatic carbocycles. The third kappa shape index (κ3) is 2.96. The number of amides is 2. The highest BCUT2D eigenvalue weighted by atomic mass is 19.1. The number of carbonyl (C=O) groups excluding carboxylic acids is 1. The molecule has 2 N–H and O–H groups in total. The minimum atomic E-state index is -0.528. The van der Waals surface area contributed by atoms with E-state index in [2.05, 4.69) is 22.8 Å². The van der Waals surface area contributed by atoms with Crippen molar-refractivity contribution in [3.05, 3.63) is 35.4 Å². The zero-order chi connectivity index (χ0) is 12.1. The van der Waals surface area contributed by atoms with Crippen LogP contribution in [0.2, 0.25) is 0 Å². The van der Waals surface area contributed by atoms with Crippen molar-refractivity contribution >= 4 is 6.03 Å². The van der Waals surface area contributed by atoms with Crippen LogP contribution < -0.4 is 10.6 Å². The molecule has 3 nitrogen and oxygen atoms in total. The van der Waals surface area contributed by atoms with Crippen molar-refractivity contribution in [2.45, 2.75) is 18.8 Å². The maximum Gasteiger partial charge on any atom is 0.314 e. The van der Waals surface area contributed by atoms with Crippen LogP contribution in [-0.4, -0.2) is 25.8 Å². The lowest BCUT2D eigenvalue weighted by molar-refractivity contribution is 0.239. The second-order valence-corrected chi connectivity index (χ2v) is 4.26. The molecule has 0 fully saturated rings. The quantitative estimate of drug-likeness (QED) is 0.824. The second-order valence-electron chi connectivity index (χ2n) is 4.26. The van der Waals surface area contributed by atoms with E-state index in [4.69, 9.17) is 0 Å². The van der Waals surface area contributed by atoms with Crippen LogP contribution in [0, 0.1) is 0 Å². The normalized spacial score (nSPS) is 17.6. The highest BCUT2D eigenvalue weighted by Gasteiger charge is 2.21. The number of rotatable bonds is 4. The zero-order valence-electron chi connectivity index (χ0n) is 9.71. The number of alkyl halides is 1. The molecule has 92 valence electrons. The van der Waals surface area contributed by atoms with Crippen LogP contribution in [0.1, 0.15) is 23.5 Å². The lowest BCUT2D eigenvalue weighted by Crippen LogP contribution is -2.38. The Hall–Kier alpha value is -1.58. The third-order valence-electron chi connectivity index (χ3n) is 3.15. The summed E-state index contributed by atoms with van der Waals surface area (Å²) in [5.74, 6) is 0.391. The largest absolute Gasteiger partial charge is 0.338 e. The van der Waals surface area contributed by atoms with Gasteiger partial charge in [0.25, 0.3) is 0 Å². The summed E-state index contributed by atoms with van der Waals surface area (Å²) in [5.41, 5.74) is 2.71. The van der Waals surface area contributed by atoms with Crippen molar-refractivity contribution in [1.82, 2.24) is 10.6 Å². The summed E-state index contributed by atoms with van der Waals surface area (Å²) < 4.78 is 11.8. The number of hydrogen-bond donors (Lipinski definition) is 2. The van der Waals surface area contributed by atoms with E-state index < -0.39 is 6.67 Å². The van der Waals surface area contributed by atoms with Gasteiger partial charge in [0.15, 0.2) is 0 Å². The van der Waals surface area contributed by atoms with Crippen LogP contribution in [0.3, 0.4) is 0 Å². The molecule has 0 radical (unpaired) electrons. The number of urea groups is 1. The Morgan fingerprint density at radius 1 is 1.35 bits per heavy atom. The van der Waals surface area contributed by atoms with E-state index in [1.54, 1.807) is 0 Å². The third-order valence-corrected chi connectivity index (χ3v) is 3.15. The molecule has 1 aromatic rings. The second kappa shape index (κ2) is 5.66. The lowest BCUT2D eigenvalue weighted by Gasteiger charge is -2.13. The predicted octanol–water partition coefficient (Wildman–Crippen LogP) is 1.99. The van der Waals surface area contributed by atoms with Gasteiger partial charge in [-0.25, -0.2) is 9.18 Å². The number of hydrogen-bond acceptors (Lipinski definition) is 1. The summed E-state index contributed by atoms with van der Waals surface area (Å²) >= 11 is 0. The van der Waals surface area contributed by atoms with E-state index in [-0.39, 0.29) is 12.6 Å². The van der Waals surface area contributed by atoms with Gasteiger partial charge in [0, 0.05) is 19.0 Å². The molecule has 1 aliphatic carbocycles. The highest BCUT2D eigenvalue weighted by molar-refractivity contribution is 5.73. The number of halogens is 1. The minimum absolute atomic E-state index is 0.0765. The van der Waals surface area contributed by atoms with Gasteiger partial charge >= 0.3 is 6.03 Å². The molecule has 1 aliphatic rings. The predicted molar refractivity (Wildman–Crippen MR) is 64.9 cm³/mol. The smallest absolute Gasteiger partial charge is 0.314 e. The van der Waals surface area contributed by atoms with Crippen LogP contribution in [0.5, 0.6) is 0 Å². The first-order valence-electron chi connectivity index (χ1n) is 5.96. The maximum absolute atomic E-state index is 11.8. The molecule has 1 atom stereocenters. The van der Waals surface area contributed by atoms with E-state index in [9.17, 15) is 9.18 Å². The molecule has 1 unspecified atom stereocenters. The van der Waals surface area contributed by atoms with Crippen LogP contribution >= 0.6 is 0 Å². The van der Waals surface area contributed by atoms with Gasteiger partial charge in [-0.2, -0.15) is 0 Å². The van der Waals surface area contributed by atoms with Gasteiger partial charge in [0.05, 0.1) is 0 Å². The average Bonchev–Trinajstić information content (AvgIpc) is 2.77. The van der Waals surface area contributed by atoms with Crippen molar-refractivity contribution in [1.29, 1.82) is 0 Å². The first-order chi connectivity index (χ1) is 8.31. The van der Waals surface area contributed by atoms with E-state index in [1.165, 1.54) is 11.1 Å². The molecule has 0 aromatic heterocycles. The molecule has 2 amide bonds. The molecule has 0 saturated heterocycles. The minimum Gasteiger partial charge on any atom is -0.338 e. The Morgan fingerprint density at radius 3 is 3.00 bits per heavy atom. The van der Waals surface area contributed by atoms with Crippen LogP contribution in [0.15, 0.2) is 24.3 Å². The topological polar surface area (TPSA) is 41.1 Å². The van der Waals surface area contributed by atoms with Crippen LogP contribution in [0.25, 0.3) is 0 Å². The fraction of sp³-hybridized carbons (Fsp3) is 0.462. The molecule has 4 heteroatoms. The maximum atomic E-state index is 11.8. The van der Waals surface area contributed by atoms with Crippen molar-refractivity contribution in [3.63, 3.8) is 0 Å². The number of nitrogens with one attached hydrogen (secondary N) is 2. The molecule has 0 aliphatic heterocycles. The number of fused-ring (bicyclic) bond motifs is 1. The molecular formula is C13H17FN2O. The summed E-state index contributed by atoms with van der Waals surface area (Å²) in [6.07, 6.45) is 2.15. The number of aryl methyl sites for hydroxylation is 1. The van der Waals surface area contributed by atoms with Gasteiger partial charge in [0.2, 0.25) is 0 Å². The molecular weight excluding hydrogens is 219 g/mol. The van der Waals surface area contributed by atoms with Crippen molar-refractivity contribution in [3.8, 4) is 0 Å². The first kappa shape index (κ1) is 11.9. The summed E-state index contributed by atoms with van der Waals surface area (Å²) in [6.45, 7) is 0.169. The van der Waals surface area contributed by atoms with Gasteiger partial charge in [-0.3, -0.25) is 0 Å². The molecule has 17 heavy (non-hydrogen) atoms. The van der Waals surface area contributed by atoms with E-state index in [0.717, 1.165) is 12.8 Å². The average molecular weight is 236 g/mol. The summed E-state index contributed by atoms with van der Waals surface area (Å²) in [4.78, 5) is 11.3. The van der Waals surface area contributed by atoms with Gasteiger partial charge in [-0.1, -0.05) is 24.3 Å². The fourth-order valence-corrected chi connectivity index (χ4v) is 2.30. The highest BCUT2D eigenvalue weighted by Crippen LogP contribution is 2.31. The number of carbonyl (C=O) groups is 1. The molecule has 0 spiro atoms. The van der Waals surface area contributed by atoms with Gasteiger partial charge in [-0.05, 0) is 24.0 Å². The molecule has 0 saturated carbocycles. The summed E-state index contributed by atoms with van der Waals surface area (Å²) in [7, 11) is 0. The zero-order valence-corrected chi connectivity index (χ0v) is 9.71. The van der Waals surface area contributed by atoms with E-state index in [0.29, 0.717) is 12.5 Å². The first-order valence-corrected chi connectivity index (χ1v) is 5.96. The van der Waals surface area contributed by atoms with E-state index >= 15 is 0 Å². The standard InChI is InChI=1S/C13H17FN2O/c14-7-8-15-13(17)16-9-11-6-5-10-3-1-2-4-12(10)11/h1-4,11H,5-9H2,(H2,15,16,17). The van der Waals surface area contributed by atoms with Crippen molar-refractivity contribution in [2.75, 3.05) is 19.8 Å². The van der Waals surface area contributed by atoms with Crippen LogP contribution in [0.4, 0.5) is 9.18 Å². The Balaban J connectivity index is 1.83. The number of benzene rings is 1. The van der Waals surface area contributed by atoms with E-state index in [1.807, 2.05) is 12.1 Å². The van der Waals surface area contributed by atoms with Gasteiger partial charge < -0.3 is 10.6 Å². The lowest BCUT2D eigenvalue weighted by atomic mass is 10.0. The van der Waals surface area contributed by atoms with Crippen molar-refractivity contribution in [2.24, 2.45) is 0 Å². The van der Waals surface area contributed by atoms with Crippen molar-refractivity contribution < 1.29 is 9.18 Å². The summed E-state index contributed by atoms with van der Waals surface area (Å²) in [6, 6.07) is 8.04. The molecule has 0 bridgehead atoms. The Kier molecular flexibility index (Phi) is 3.96. The van der Waals surface area contributed by atoms with Crippen LogP contribution in [-0.2, 0) is 6.42 Å². The molecule has 0 heterocycles. The van der Waals surface area contributed by atoms with Gasteiger partial charge in [-0.15, -0.1) is 0 Å². The fourth-order valence-electron chi connectivity index (χ4n) is 2.30. The molecule has 2 rings (SSSR count).